The normalized spacial score (nSPS) is 79.2. The van der Waals surface area contributed by atoms with Crippen LogP contribution in [0.25, 0.3) is 0 Å². The number of hydrogen-bond donors (Lipinski definition) is 0. The molecule has 0 unspecified atom stereocenters. The predicted molar refractivity (Wildman–Crippen MR) is 42.2 cm³/mol. The number of carbonyl (C=O) groups is 1. The minimum atomic E-state index is 0.591. The van der Waals surface area contributed by atoms with Crippen LogP contribution < -0.4 is 0 Å². The largest absolute Gasteiger partial charge is 0.299 e. The highest BCUT2D eigenvalue weighted by Gasteiger charge is 2.80. The SMILES string of the molecule is O=C1[C@@H]2[C@H]3C[C@@H]4[C@@H]5C[C@H]([C@@H]1[C@@H]35)[C@H]42. The highest BCUT2D eigenvalue weighted by Crippen LogP contribution is 2.81. The van der Waals surface area contributed by atoms with E-state index < -0.39 is 0 Å². The average molecular weight is 160 g/mol. The van der Waals surface area contributed by atoms with E-state index in [1.165, 1.54) is 12.8 Å². The van der Waals surface area contributed by atoms with Crippen LogP contribution in [0.15, 0.2) is 0 Å². The van der Waals surface area contributed by atoms with Crippen molar-refractivity contribution in [1.29, 1.82) is 0 Å². The molecule has 6 aliphatic carbocycles. The van der Waals surface area contributed by atoms with Crippen molar-refractivity contribution >= 4 is 5.78 Å². The molecule has 6 bridgehead atoms. The van der Waals surface area contributed by atoms with Crippen LogP contribution in [0.4, 0.5) is 0 Å². The van der Waals surface area contributed by atoms with Crippen LogP contribution in [-0.2, 0) is 4.79 Å². The van der Waals surface area contributed by atoms with Crippen LogP contribution in [0.5, 0.6) is 0 Å². The molecule has 6 fully saturated rings. The zero-order valence-electron chi connectivity index (χ0n) is 6.94. The molecule has 62 valence electrons. The van der Waals surface area contributed by atoms with Gasteiger partial charge >= 0.3 is 0 Å². The Balaban J connectivity index is 1.94. The van der Waals surface area contributed by atoms with Gasteiger partial charge in [0, 0.05) is 11.8 Å². The van der Waals surface area contributed by atoms with Crippen molar-refractivity contribution in [2.45, 2.75) is 12.8 Å². The van der Waals surface area contributed by atoms with Crippen LogP contribution in [0.3, 0.4) is 0 Å². The van der Waals surface area contributed by atoms with E-state index in [2.05, 4.69) is 0 Å². The summed E-state index contributed by atoms with van der Waals surface area (Å²) in [7, 11) is 0. The van der Waals surface area contributed by atoms with Crippen molar-refractivity contribution in [2.75, 3.05) is 0 Å². The fourth-order valence-electron chi connectivity index (χ4n) is 6.24. The van der Waals surface area contributed by atoms with Gasteiger partial charge < -0.3 is 0 Å². The van der Waals surface area contributed by atoms with Crippen LogP contribution in [-0.4, -0.2) is 5.78 Å². The minimum Gasteiger partial charge on any atom is -0.299 e. The Morgan fingerprint density at radius 2 is 1.33 bits per heavy atom. The fraction of sp³-hybridized carbons (Fsp3) is 0.909. The van der Waals surface area contributed by atoms with Crippen molar-refractivity contribution in [1.82, 2.24) is 0 Å². The van der Waals surface area contributed by atoms with E-state index in [4.69, 9.17) is 0 Å². The second-order valence-corrected chi connectivity index (χ2v) is 5.74. The molecule has 0 amide bonds. The maximum absolute atomic E-state index is 11.9. The number of Topliss-reactive ketones (excluding diaryl/α,β-unsaturated/α-hetero) is 1. The van der Waals surface area contributed by atoms with E-state index in [-0.39, 0.29) is 0 Å². The van der Waals surface area contributed by atoms with E-state index in [0.29, 0.717) is 17.6 Å². The number of carbonyl (C=O) groups excluding carboxylic acids is 1. The third-order valence-electron chi connectivity index (χ3n) is 6.03. The van der Waals surface area contributed by atoms with Crippen molar-refractivity contribution in [3.8, 4) is 0 Å². The van der Waals surface area contributed by atoms with Crippen LogP contribution in [0.1, 0.15) is 12.8 Å². The molecule has 0 spiro atoms. The molecule has 0 saturated heterocycles. The molecule has 0 heterocycles. The molecule has 1 heteroatoms. The van der Waals surface area contributed by atoms with Gasteiger partial charge in [-0.25, -0.2) is 0 Å². The van der Waals surface area contributed by atoms with Gasteiger partial charge in [0.1, 0.15) is 5.78 Å². The maximum Gasteiger partial charge on any atom is 0.140 e. The van der Waals surface area contributed by atoms with Gasteiger partial charge in [0.05, 0.1) is 0 Å². The lowest BCUT2D eigenvalue weighted by Crippen LogP contribution is -2.30. The molecule has 0 aromatic heterocycles. The maximum atomic E-state index is 11.9. The summed E-state index contributed by atoms with van der Waals surface area (Å²) in [6.45, 7) is 0. The average Bonchev–Trinajstić information content (AvgIpc) is 2.68. The quantitative estimate of drug-likeness (QED) is 0.522. The highest BCUT2D eigenvalue weighted by atomic mass is 16.1. The molecule has 0 radical (unpaired) electrons. The van der Waals surface area contributed by atoms with Crippen LogP contribution in [0, 0.1) is 47.3 Å². The summed E-state index contributed by atoms with van der Waals surface area (Å²) < 4.78 is 0. The minimum absolute atomic E-state index is 0.591. The van der Waals surface area contributed by atoms with E-state index in [1.807, 2.05) is 0 Å². The molecule has 0 N–H and O–H groups in total. The Morgan fingerprint density at radius 3 is 1.83 bits per heavy atom. The third kappa shape index (κ3) is 0.272. The van der Waals surface area contributed by atoms with Crippen molar-refractivity contribution in [2.24, 2.45) is 47.3 Å². The molecule has 6 saturated carbocycles. The molecule has 1 nitrogen and oxygen atoms in total. The monoisotopic (exact) mass is 160 g/mol. The summed E-state index contributed by atoms with van der Waals surface area (Å²) in [5.74, 6) is 7.54. The smallest absolute Gasteiger partial charge is 0.140 e. The summed E-state index contributed by atoms with van der Waals surface area (Å²) in [5.41, 5.74) is 0. The van der Waals surface area contributed by atoms with Gasteiger partial charge in [-0.05, 0) is 48.3 Å². The molecule has 6 rings (SSSR count). The molecular formula is C11H12O. The molecule has 12 heavy (non-hydrogen) atoms. The summed E-state index contributed by atoms with van der Waals surface area (Å²) in [4.78, 5) is 11.9. The standard InChI is InChI=1S/C11H12O/c12-11-9-5-1-3-4-2-6(7(3)9)10(11)8(4)5/h3-10H,1-2H2/t3-,4+,5-,6-,7+,8-,9+,10+/m0/s1. The second kappa shape index (κ2) is 1.21. The van der Waals surface area contributed by atoms with E-state index in [0.717, 1.165) is 35.5 Å². The van der Waals surface area contributed by atoms with Crippen molar-refractivity contribution in [3.05, 3.63) is 0 Å². The number of rotatable bonds is 0. The van der Waals surface area contributed by atoms with Gasteiger partial charge in [0.2, 0.25) is 0 Å². The topological polar surface area (TPSA) is 17.1 Å². The second-order valence-electron chi connectivity index (χ2n) is 5.74. The zero-order valence-corrected chi connectivity index (χ0v) is 6.94. The molecule has 0 aromatic carbocycles. The Morgan fingerprint density at radius 1 is 0.833 bits per heavy atom. The first kappa shape index (κ1) is 5.41. The third-order valence-corrected chi connectivity index (χ3v) is 6.03. The number of ketones is 1. The first-order valence-electron chi connectivity index (χ1n) is 5.41. The van der Waals surface area contributed by atoms with Gasteiger partial charge in [-0.3, -0.25) is 4.79 Å². The zero-order chi connectivity index (χ0) is 7.61. The number of hydrogen-bond acceptors (Lipinski definition) is 1. The van der Waals surface area contributed by atoms with E-state index >= 15 is 0 Å². The Bertz CT molecular complexity index is 291. The van der Waals surface area contributed by atoms with Crippen molar-refractivity contribution in [3.63, 3.8) is 0 Å². The highest BCUT2D eigenvalue weighted by molar-refractivity contribution is 5.91. The lowest BCUT2D eigenvalue weighted by Gasteiger charge is -2.32. The first-order chi connectivity index (χ1) is 5.88. The summed E-state index contributed by atoms with van der Waals surface area (Å²) in [6, 6.07) is 0. The Labute approximate surface area is 71.5 Å². The van der Waals surface area contributed by atoms with Gasteiger partial charge in [-0.15, -0.1) is 0 Å². The van der Waals surface area contributed by atoms with E-state index in [1.54, 1.807) is 0 Å². The van der Waals surface area contributed by atoms with Gasteiger partial charge in [-0.1, -0.05) is 0 Å². The fourth-order valence-corrected chi connectivity index (χ4v) is 6.24. The van der Waals surface area contributed by atoms with Gasteiger partial charge in [0.25, 0.3) is 0 Å². The Hall–Kier alpha value is -0.330. The molecule has 8 atom stereocenters. The lowest BCUT2D eigenvalue weighted by molar-refractivity contribution is -0.122. The molecule has 0 aliphatic heterocycles. The molecular weight excluding hydrogens is 148 g/mol. The lowest BCUT2D eigenvalue weighted by atomic mass is 9.71. The van der Waals surface area contributed by atoms with E-state index in [9.17, 15) is 4.79 Å². The van der Waals surface area contributed by atoms with Crippen molar-refractivity contribution < 1.29 is 4.79 Å². The molecule has 0 aromatic rings. The van der Waals surface area contributed by atoms with Crippen LogP contribution in [0.2, 0.25) is 0 Å². The predicted octanol–water partition coefficient (Wildman–Crippen LogP) is 1.33. The molecule has 6 aliphatic rings. The first-order valence-corrected chi connectivity index (χ1v) is 5.41. The summed E-state index contributed by atoms with van der Waals surface area (Å²) in [5, 5.41) is 0. The van der Waals surface area contributed by atoms with Crippen LogP contribution >= 0.6 is 0 Å². The van der Waals surface area contributed by atoms with Gasteiger partial charge in [-0.2, -0.15) is 0 Å². The van der Waals surface area contributed by atoms with Gasteiger partial charge in [0.15, 0.2) is 0 Å². The Kier molecular flexibility index (Phi) is 0.547. The summed E-state index contributed by atoms with van der Waals surface area (Å²) in [6.07, 6.45) is 2.90. The summed E-state index contributed by atoms with van der Waals surface area (Å²) >= 11 is 0.